The first-order valence-corrected chi connectivity index (χ1v) is 8.57. The number of rotatable bonds is 5. The molecule has 0 aliphatic heterocycles. The second kappa shape index (κ2) is 8.54. The lowest BCUT2D eigenvalue weighted by molar-refractivity contribution is -0.137. The van der Waals surface area contributed by atoms with E-state index in [1.807, 2.05) is 0 Å². The van der Waals surface area contributed by atoms with Crippen molar-refractivity contribution in [3.05, 3.63) is 62.0 Å². The Balaban J connectivity index is 2.13. The molecular weight excluding hydrogens is 467 g/mol. The van der Waals surface area contributed by atoms with Crippen LogP contribution in [0.1, 0.15) is 5.56 Å². The summed E-state index contributed by atoms with van der Waals surface area (Å²) in [6.07, 6.45) is -2.99. The molecule has 0 saturated carbocycles. The van der Waals surface area contributed by atoms with Gasteiger partial charge in [-0.15, -0.1) is 0 Å². The summed E-state index contributed by atoms with van der Waals surface area (Å²) in [5.74, 6) is 0.982. The Morgan fingerprint density at radius 3 is 2.32 bits per heavy atom. The molecule has 0 N–H and O–H groups in total. The summed E-state index contributed by atoms with van der Waals surface area (Å²) >= 11 is 20.1. The Hall–Kier alpha value is -1.08. The summed E-state index contributed by atoms with van der Waals surface area (Å²) in [6, 6.07) is 7.67. The van der Waals surface area contributed by atoms with Gasteiger partial charge in [0.05, 0.1) is 15.1 Å². The Morgan fingerprint density at radius 2 is 1.76 bits per heavy atom. The molecule has 0 bridgehead atoms. The number of alkyl halides is 3. The molecule has 0 saturated heterocycles. The van der Waals surface area contributed by atoms with E-state index < -0.39 is 11.7 Å². The topological polar surface area (TPSA) is 18.5 Å². The maximum atomic E-state index is 12.6. The summed E-state index contributed by atoms with van der Waals surface area (Å²) in [4.78, 5) is 0. The molecule has 0 amide bonds. The third-order valence-corrected chi connectivity index (χ3v) is 4.09. The quantitative estimate of drug-likeness (QED) is 0.442. The highest BCUT2D eigenvalue weighted by molar-refractivity contribution is 9.10. The molecule has 25 heavy (non-hydrogen) atoms. The molecule has 0 unspecified atom stereocenters. The van der Waals surface area contributed by atoms with E-state index in [2.05, 4.69) is 15.9 Å². The highest BCUT2D eigenvalue weighted by atomic mass is 79.9. The minimum atomic E-state index is -4.47. The van der Waals surface area contributed by atoms with E-state index in [4.69, 9.17) is 44.3 Å². The number of ether oxygens (including phenoxy) is 2. The molecule has 2 rings (SSSR count). The van der Waals surface area contributed by atoms with Crippen molar-refractivity contribution in [2.24, 2.45) is 0 Å². The van der Waals surface area contributed by atoms with Crippen LogP contribution in [0.25, 0.3) is 0 Å². The minimum absolute atomic E-state index is 0.0908. The fourth-order valence-electron chi connectivity index (χ4n) is 1.74. The first-order chi connectivity index (χ1) is 11.7. The normalized spacial score (nSPS) is 11.2. The van der Waals surface area contributed by atoms with Gasteiger partial charge < -0.3 is 9.47 Å². The molecule has 0 fully saturated rings. The standard InChI is InChI=1S/C16H9BrCl3F3O2/c17-11-8-10(2-4-13(11)24-6-5-15(19)20)25-14-3-1-9(7-12(14)18)16(21,22)23/h1-5,7-8H,6H2. The maximum Gasteiger partial charge on any atom is 0.416 e. The predicted molar refractivity (Wildman–Crippen MR) is 96.0 cm³/mol. The van der Waals surface area contributed by atoms with E-state index in [1.165, 1.54) is 6.08 Å². The molecule has 0 aliphatic carbocycles. The Bertz CT molecular complexity index is 791. The summed E-state index contributed by atoms with van der Waals surface area (Å²) in [6.45, 7) is 0.172. The van der Waals surface area contributed by atoms with Crippen LogP contribution in [0.15, 0.2) is 51.4 Å². The van der Waals surface area contributed by atoms with Crippen molar-refractivity contribution >= 4 is 50.7 Å². The van der Waals surface area contributed by atoms with Gasteiger partial charge >= 0.3 is 6.18 Å². The third-order valence-electron chi connectivity index (χ3n) is 2.87. The maximum absolute atomic E-state index is 12.6. The zero-order valence-electron chi connectivity index (χ0n) is 12.2. The zero-order chi connectivity index (χ0) is 18.6. The Kier molecular flexibility index (Phi) is 6.91. The molecule has 9 heteroatoms. The Morgan fingerprint density at radius 1 is 1.08 bits per heavy atom. The molecule has 0 aliphatic rings. The molecule has 134 valence electrons. The third kappa shape index (κ3) is 5.99. The summed E-state index contributed by atoms with van der Waals surface area (Å²) in [5, 5.41) is -0.145. The molecule has 0 spiro atoms. The second-order valence-corrected chi connectivity index (χ2v) is 6.91. The van der Waals surface area contributed by atoms with E-state index >= 15 is 0 Å². The van der Waals surface area contributed by atoms with Crippen molar-refractivity contribution in [2.75, 3.05) is 6.61 Å². The highest BCUT2D eigenvalue weighted by Gasteiger charge is 2.31. The van der Waals surface area contributed by atoms with Gasteiger partial charge in [-0.2, -0.15) is 13.2 Å². The van der Waals surface area contributed by atoms with E-state index in [0.717, 1.165) is 18.2 Å². The fourth-order valence-corrected chi connectivity index (χ4v) is 2.56. The molecule has 0 aromatic heterocycles. The fraction of sp³-hybridized carbons (Fsp3) is 0.125. The van der Waals surface area contributed by atoms with Crippen LogP contribution in [0.5, 0.6) is 17.2 Å². The van der Waals surface area contributed by atoms with Crippen molar-refractivity contribution < 1.29 is 22.6 Å². The van der Waals surface area contributed by atoms with Crippen LogP contribution in [0.3, 0.4) is 0 Å². The lowest BCUT2D eigenvalue weighted by Gasteiger charge is -2.12. The van der Waals surface area contributed by atoms with E-state index in [0.29, 0.717) is 16.0 Å². The van der Waals surface area contributed by atoms with Crippen LogP contribution in [-0.2, 0) is 6.18 Å². The molecule has 2 aromatic rings. The van der Waals surface area contributed by atoms with Crippen molar-refractivity contribution in [3.8, 4) is 17.2 Å². The van der Waals surface area contributed by atoms with E-state index in [1.54, 1.807) is 18.2 Å². The second-order valence-electron chi connectivity index (χ2n) is 4.64. The van der Waals surface area contributed by atoms with E-state index in [9.17, 15) is 13.2 Å². The SMILES string of the molecule is FC(F)(F)c1ccc(Oc2ccc(OCC=C(Cl)Cl)c(Br)c2)c(Cl)c1. The van der Waals surface area contributed by atoms with Gasteiger partial charge in [0.15, 0.2) is 0 Å². The van der Waals surface area contributed by atoms with Crippen LogP contribution < -0.4 is 9.47 Å². The summed E-state index contributed by atoms with van der Waals surface area (Å²) < 4.78 is 49.5. The average molecular weight is 477 g/mol. The first-order valence-electron chi connectivity index (χ1n) is 6.65. The van der Waals surface area contributed by atoms with Crippen molar-refractivity contribution in [2.45, 2.75) is 6.18 Å². The van der Waals surface area contributed by atoms with Crippen molar-refractivity contribution in [1.29, 1.82) is 0 Å². The summed E-state index contributed by atoms with van der Waals surface area (Å²) in [5.41, 5.74) is -0.846. The van der Waals surface area contributed by atoms with Gasteiger partial charge in [-0.25, -0.2) is 0 Å². The first kappa shape index (κ1) is 20.2. The smallest absolute Gasteiger partial charge is 0.416 e. The molecule has 2 aromatic carbocycles. The van der Waals surface area contributed by atoms with E-state index in [-0.39, 0.29) is 21.9 Å². The number of benzene rings is 2. The molecule has 0 radical (unpaired) electrons. The predicted octanol–water partition coefficient (Wildman–Crippen LogP) is 7.61. The van der Waals surface area contributed by atoms with Crippen LogP contribution in [0, 0.1) is 0 Å². The lowest BCUT2D eigenvalue weighted by atomic mass is 10.2. The monoisotopic (exact) mass is 474 g/mol. The number of hydrogen-bond donors (Lipinski definition) is 0. The molecular formula is C16H9BrCl3F3O2. The van der Waals surface area contributed by atoms with Gasteiger partial charge in [0.2, 0.25) is 0 Å². The van der Waals surface area contributed by atoms with Crippen LogP contribution in [-0.4, -0.2) is 6.61 Å². The largest absolute Gasteiger partial charge is 0.488 e. The highest BCUT2D eigenvalue weighted by Crippen LogP contribution is 2.37. The van der Waals surface area contributed by atoms with Gasteiger partial charge in [-0.1, -0.05) is 34.8 Å². The number of hydrogen-bond acceptors (Lipinski definition) is 2. The van der Waals surface area contributed by atoms with Crippen LogP contribution in [0.4, 0.5) is 13.2 Å². The van der Waals surface area contributed by atoms with Gasteiger partial charge in [0, 0.05) is 0 Å². The molecule has 0 atom stereocenters. The molecule has 2 nitrogen and oxygen atoms in total. The van der Waals surface area contributed by atoms with Gasteiger partial charge in [-0.3, -0.25) is 0 Å². The Labute approximate surface area is 165 Å². The van der Waals surface area contributed by atoms with Crippen LogP contribution >= 0.6 is 50.7 Å². The average Bonchev–Trinajstić information content (AvgIpc) is 2.50. The van der Waals surface area contributed by atoms with Gasteiger partial charge in [0.1, 0.15) is 28.3 Å². The minimum Gasteiger partial charge on any atom is -0.488 e. The van der Waals surface area contributed by atoms with Gasteiger partial charge in [-0.05, 0) is 58.4 Å². The van der Waals surface area contributed by atoms with Crippen molar-refractivity contribution in [1.82, 2.24) is 0 Å². The van der Waals surface area contributed by atoms with Crippen LogP contribution in [0.2, 0.25) is 5.02 Å². The number of halogens is 7. The lowest BCUT2D eigenvalue weighted by Crippen LogP contribution is -2.04. The zero-order valence-corrected chi connectivity index (χ0v) is 16.1. The summed E-state index contributed by atoms with van der Waals surface area (Å²) in [7, 11) is 0. The molecule has 0 heterocycles. The van der Waals surface area contributed by atoms with Gasteiger partial charge in [0.25, 0.3) is 0 Å². The van der Waals surface area contributed by atoms with Crippen molar-refractivity contribution in [3.63, 3.8) is 0 Å².